The van der Waals surface area contributed by atoms with Crippen molar-refractivity contribution in [1.29, 1.82) is 0 Å². The molecule has 0 saturated carbocycles. The number of aryl methyl sites for hydroxylation is 1. The standard InChI is InChI=1S/C17H15NO3S.C16H36P/c1-12-2-6-15(7-3-12)18-16-8-4-14-11-17(22(19,20)21)9-5-13(14)10-16;1-5-9-13-17(14-10-6-2,15-11-7-3)16-12-8-4/h2-11,18H,1H3,(H,19,20,21);5-16H2,1-4H3/q;+1/p-1. The second-order valence-corrected chi connectivity index (χ2v) is 16.7. The average Bonchev–Trinajstić information content (AvgIpc) is 2.93. The lowest BCUT2D eigenvalue weighted by atomic mass is 10.1. The van der Waals surface area contributed by atoms with Crippen LogP contribution in [0, 0.1) is 6.92 Å². The highest BCUT2D eigenvalue weighted by Gasteiger charge is 2.34. The number of rotatable bonds is 15. The van der Waals surface area contributed by atoms with Crippen molar-refractivity contribution >= 4 is 39.5 Å². The Labute approximate surface area is 239 Å². The van der Waals surface area contributed by atoms with E-state index in [-0.39, 0.29) is 4.90 Å². The molecule has 1 N–H and O–H groups in total. The maximum atomic E-state index is 11.0. The Hall–Kier alpha value is -1.94. The third-order valence-electron chi connectivity index (χ3n) is 7.38. The first-order valence-electron chi connectivity index (χ1n) is 14.8. The van der Waals surface area contributed by atoms with Crippen molar-refractivity contribution in [2.24, 2.45) is 0 Å². The van der Waals surface area contributed by atoms with Gasteiger partial charge in [0.1, 0.15) is 10.1 Å². The summed E-state index contributed by atoms with van der Waals surface area (Å²) in [5.41, 5.74) is 3.06. The summed E-state index contributed by atoms with van der Waals surface area (Å²) in [5, 5.41) is 4.87. The summed E-state index contributed by atoms with van der Waals surface area (Å²) in [6.07, 6.45) is 17.9. The first-order valence-corrected chi connectivity index (χ1v) is 18.8. The van der Waals surface area contributed by atoms with Crippen LogP contribution in [-0.4, -0.2) is 37.6 Å². The Kier molecular flexibility index (Phi) is 14.5. The van der Waals surface area contributed by atoms with Crippen LogP contribution >= 0.6 is 7.26 Å². The van der Waals surface area contributed by atoms with Crippen LogP contribution < -0.4 is 5.32 Å². The van der Waals surface area contributed by atoms with Crippen molar-refractivity contribution in [3.8, 4) is 0 Å². The van der Waals surface area contributed by atoms with E-state index in [4.69, 9.17) is 0 Å². The van der Waals surface area contributed by atoms with E-state index in [2.05, 4.69) is 33.0 Å². The van der Waals surface area contributed by atoms with Crippen LogP contribution in [0.4, 0.5) is 11.4 Å². The van der Waals surface area contributed by atoms with Crippen LogP contribution in [0.2, 0.25) is 0 Å². The van der Waals surface area contributed by atoms with Crippen LogP contribution in [-0.2, 0) is 10.1 Å². The molecule has 0 aliphatic heterocycles. The predicted molar refractivity (Wildman–Crippen MR) is 172 cm³/mol. The molecule has 0 aromatic heterocycles. The number of benzene rings is 3. The lowest BCUT2D eigenvalue weighted by Gasteiger charge is -2.28. The van der Waals surface area contributed by atoms with Crippen LogP contribution in [0.25, 0.3) is 10.8 Å². The third kappa shape index (κ3) is 11.6. The zero-order chi connectivity index (χ0) is 28.7. The van der Waals surface area contributed by atoms with Crippen LogP contribution in [0.15, 0.2) is 65.6 Å². The van der Waals surface area contributed by atoms with Gasteiger partial charge in [0.25, 0.3) is 0 Å². The minimum absolute atomic E-state index is 0.209. The summed E-state index contributed by atoms with van der Waals surface area (Å²) >= 11 is 0. The molecule has 3 rings (SSSR count). The molecular formula is C33H50NO3PS. The van der Waals surface area contributed by atoms with Gasteiger partial charge in [-0.25, -0.2) is 8.42 Å². The Bertz CT molecular complexity index is 1190. The number of nitrogens with one attached hydrogen (secondary N) is 1. The fraction of sp³-hybridized carbons (Fsp3) is 0.515. The molecule has 3 aromatic rings. The molecule has 3 aromatic carbocycles. The van der Waals surface area contributed by atoms with E-state index < -0.39 is 17.4 Å². The topological polar surface area (TPSA) is 69.2 Å². The molecule has 0 saturated heterocycles. The fourth-order valence-corrected chi connectivity index (χ4v) is 10.7. The van der Waals surface area contributed by atoms with Gasteiger partial charge in [0.15, 0.2) is 0 Å². The number of hydrogen-bond donors (Lipinski definition) is 1. The van der Waals surface area contributed by atoms with Crippen molar-refractivity contribution in [1.82, 2.24) is 0 Å². The van der Waals surface area contributed by atoms with Crippen molar-refractivity contribution in [3.63, 3.8) is 0 Å². The monoisotopic (exact) mass is 571 g/mol. The van der Waals surface area contributed by atoms with Gasteiger partial charge in [0.2, 0.25) is 0 Å². The Morgan fingerprint density at radius 3 is 1.54 bits per heavy atom. The van der Waals surface area contributed by atoms with Crippen molar-refractivity contribution < 1.29 is 13.0 Å². The maximum absolute atomic E-state index is 11.0. The predicted octanol–water partition coefficient (Wildman–Crippen LogP) is 10.0. The van der Waals surface area contributed by atoms with Gasteiger partial charge in [-0.3, -0.25) is 0 Å². The summed E-state index contributed by atoms with van der Waals surface area (Å²) in [5.74, 6) is 0. The van der Waals surface area contributed by atoms with Crippen LogP contribution in [0.5, 0.6) is 0 Å². The Morgan fingerprint density at radius 1 is 0.641 bits per heavy atom. The molecule has 0 heterocycles. The van der Waals surface area contributed by atoms with E-state index >= 15 is 0 Å². The van der Waals surface area contributed by atoms with Gasteiger partial charge in [0.05, 0.1) is 29.5 Å². The SMILES string of the molecule is CCCC[P+](CCCC)(CCCC)CCCC.Cc1ccc(Nc2ccc3cc(S(=O)(=O)[O-])ccc3c2)cc1. The van der Waals surface area contributed by atoms with Crippen molar-refractivity contribution in [2.75, 3.05) is 30.0 Å². The van der Waals surface area contributed by atoms with E-state index in [1.54, 1.807) is 36.8 Å². The summed E-state index contributed by atoms with van der Waals surface area (Å²) in [4.78, 5) is -0.209. The number of hydrogen-bond acceptors (Lipinski definition) is 4. The molecule has 0 unspecified atom stereocenters. The average molecular weight is 572 g/mol. The van der Waals surface area contributed by atoms with Crippen molar-refractivity contribution in [3.05, 3.63) is 66.2 Å². The van der Waals surface area contributed by atoms with Gasteiger partial charge in [-0.15, -0.1) is 0 Å². The number of fused-ring (bicyclic) bond motifs is 1. The largest absolute Gasteiger partial charge is 0.744 e. The lowest BCUT2D eigenvalue weighted by molar-refractivity contribution is 0.463. The smallest absolute Gasteiger partial charge is 0.124 e. The highest BCUT2D eigenvalue weighted by atomic mass is 32.2. The summed E-state index contributed by atoms with van der Waals surface area (Å²) in [6.45, 7) is 11.5. The minimum Gasteiger partial charge on any atom is -0.744 e. The molecule has 0 amide bonds. The van der Waals surface area contributed by atoms with Crippen LogP contribution in [0.3, 0.4) is 0 Å². The second kappa shape index (κ2) is 17.0. The first-order chi connectivity index (χ1) is 18.7. The van der Waals surface area contributed by atoms with E-state index in [9.17, 15) is 13.0 Å². The molecule has 0 fully saturated rings. The van der Waals surface area contributed by atoms with Gasteiger partial charge in [-0.2, -0.15) is 0 Å². The molecule has 0 radical (unpaired) electrons. The van der Waals surface area contributed by atoms with Crippen molar-refractivity contribution in [2.45, 2.75) is 90.9 Å². The molecule has 0 aliphatic carbocycles. The molecule has 0 bridgehead atoms. The maximum Gasteiger partial charge on any atom is 0.124 e. The van der Waals surface area contributed by atoms with E-state index in [0.717, 1.165) is 16.8 Å². The van der Waals surface area contributed by atoms with Gasteiger partial charge in [-0.05, 0) is 79.8 Å². The highest BCUT2D eigenvalue weighted by Crippen LogP contribution is 2.61. The molecule has 216 valence electrons. The van der Waals surface area contributed by atoms with Gasteiger partial charge < -0.3 is 9.87 Å². The molecule has 4 nitrogen and oxygen atoms in total. The van der Waals surface area contributed by atoms with E-state index in [1.165, 1.54) is 69.1 Å². The molecule has 6 heteroatoms. The number of anilines is 2. The highest BCUT2D eigenvalue weighted by molar-refractivity contribution is 7.85. The van der Waals surface area contributed by atoms with Crippen LogP contribution in [0.1, 0.15) is 84.6 Å². The molecule has 0 atom stereocenters. The molecule has 0 spiro atoms. The zero-order valence-electron chi connectivity index (χ0n) is 24.8. The molecule has 0 aliphatic rings. The van der Waals surface area contributed by atoms with Gasteiger partial charge in [0, 0.05) is 18.6 Å². The first kappa shape index (κ1) is 33.3. The fourth-order valence-electron chi connectivity index (χ4n) is 4.91. The van der Waals surface area contributed by atoms with E-state index in [0.29, 0.717) is 5.39 Å². The Morgan fingerprint density at radius 2 is 1.08 bits per heavy atom. The normalized spacial score (nSPS) is 11.7. The van der Waals surface area contributed by atoms with Gasteiger partial charge >= 0.3 is 0 Å². The zero-order valence-corrected chi connectivity index (χ0v) is 26.5. The quantitative estimate of drug-likeness (QED) is 0.146. The summed E-state index contributed by atoms with van der Waals surface area (Å²) in [6, 6.07) is 18.0. The molecular weight excluding hydrogens is 521 g/mol. The van der Waals surface area contributed by atoms with Gasteiger partial charge in [-0.1, -0.05) is 83.2 Å². The lowest BCUT2D eigenvalue weighted by Crippen LogP contribution is -2.12. The minimum atomic E-state index is -4.42. The van der Waals surface area contributed by atoms with E-state index in [1.807, 2.05) is 43.3 Å². The Balaban J connectivity index is 0.000000285. The summed E-state index contributed by atoms with van der Waals surface area (Å²) in [7, 11) is -4.98. The molecule has 39 heavy (non-hydrogen) atoms. The number of unbranched alkanes of at least 4 members (excludes halogenated alkanes) is 4. The second-order valence-electron chi connectivity index (χ2n) is 10.8. The summed E-state index contributed by atoms with van der Waals surface area (Å²) < 4.78 is 33.1. The third-order valence-corrected chi connectivity index (χ3v) is 13.3.